The number of hydrogen-bond donors (Lipinski definition) is 1. The van der Waals surface area contributed by atoms with E-state index in [1.54, 1.807) is 12.3 Å². The van der Waals surface area contributed by atoms with Crippen LogP contribution in [-0.4, -0.2) is 53.3 Å². The maximum Gasteiger partial charge on any atom is 0.243 e. The molecule has 3 rings (SSSR count). The lowest BCUT2D eigenvalue weighted by Crippen LogP contribution is -2.35. The zero-order chi connectivity index (χ0) is 21.1. The van der Waals surface area contributed by atoms with Gasteiger partial charge in [-0.05, 0) is 48.7 Å². The van der Waals surface area contributed by atoms with Crippen molar-refractivity contribution >= 4 is 25.9 Å². The highest BCUT2D eigenvalue weighted by atomic mass is 32.2. The first-order valence-corrected chi connectivity index (χ1v) is 12.3. The Balaban J connectivity index is 1.69. The average Bonchev–Trinajstić information content (AvgIpc) is 2.73. The molecular formula is C19H26N4O4S2. The maximum atomic E-state index is 12.7. The Hall–Kier alpha value is -2.01. The second-order valence-corrected chi connectivity index (χ2v) is 10.9. The van der Waals surface area contributed by atoms with Gasteiger partial charge in [0.1, 0.15) is 5.82 Å². The zero-order valence-corrected chi connectivity index (χ0v) is 18.2. The largest absolute Gasteiger partial charge is 0.363 e. The number of anilines is 1. The van der Waals surface area contributed by atoms with Crippen molar-refractivity contribution in [3.05, 3.63) is 48.2 Å². The number of sulfonamides is 2. The summed E-state index contributed by atoms with van der Waals surface area (Å²) < 4.78 is 54.4. The molecule has 8 nitrogen and oxygen atoms in total. The van der Waals surface area contributed by atoms with E-state index >= 15 is 0 Å². The summed E-state index contributed by atoms with van der Waals surface area (Å²) in [6, 6.07) is 8.97. The van der Waals surface area contributed by atoms with Gasteiger partial charge in [0.15, 0.2) is 0 Å². The summed E-state index contributed by atoms with van der Waals surface area (Å²) in [6.07, 6.45) is 4.34. The van der Waals surface area contributed by atoms with Crippen molar-refractivity contribution in [2.24, 2.45) is 0 Å². The van der Waals surface area contributed by atoms with Crippen LogP contribution < -0.4 is 9.62 Å². The third-order valence-electron chi connectivity index (χ3n) is 4.82. The molecule has 0 amide bonds. The van der Waals surface area contributed by atoms with Crippen LogP contribution in [0.1, 0.15) is 24.8 Å². The van der Waals surface area contributed by atoms with E-state index in [9.17, 15) is 16.8 Å². The standard InChI is InChI=1S/C19H26N4O4S2/c1-22(2)19-11-6-16(14-20-19)15-21-28(24,25)17-7-9-18(10-8-17)29(26,27)23-12-4-3-5-13-23/h6-11,14,21H,3-5,12-13,15H2,1-2H3. The van der Waals surface area contributed by atoms with Gasteiger partial charge in [-0.2, -0.15) is 4.31 Å². The van der Waals surface area contributed by atoms with Gasteiger partial charge >= 0.3 is 0 Å². The zero-order valence-electron chi connectivity index (χ0n) is 16.6. The van der Waals surface area contributed by atoms with Gasteiger partial charge in [-0.25, -0.2) is 26.5 Å². The number of rotatable bonds is 7. The van der Waals surface area contributed by atoms with E-state index < -0.39 is 20.0 Å². The number of benzene rings is 1. The van der Waals surface area contributed by atoms with Crippen LogP contribution in [0.15, 0.2) is 52.4 Å². The highest BCUT2D eigenvalue weighted by molar-refractivity contribution is 7.89. The van der Waals surface area contributed by atoms with Crippen LogP contribution in [0.4, 0.5) is 5.82 Å². The smallest absolute Gasteiger partial charge is 0.243 e. The fourth-order valence-corrected chi connectivity index (χ4v) is 5.63. The third-order valence-corrected chi connectivity index (χ3v) is 8.15. The van der Waals surface area contributed by atoms with Crippen LogP contribution in [0, 0.1) is 0 Å². The molecule has 2 heterocycles. The molecule has 1 N–H and O–H groups in total. The Morgan fingerprint density at radius 3 is 2.10 bits per heavy atom. The van der Waals surface area contributed by atoms with E-state index in [-0.39, 0.29) is 16.3 Å². The Kier molecular flexibility index (Phi) is 6.57. The van der Waals surface area contributed by atoms with Gasteiger partial charge in [-0.3, -0.25) is 0 Å². The summed E-state index contributed by atoms with van der Waals surface area (Å²) in [5, 5.41) is 0. The normalized spacial score (nSPS) is 15.9. The van der Waals surface area contributed by atoms with E-state index in [4.69, 9.17) is 0 Å². The van der Waals surface area contributed by atoms with Gasteiger partial charge in [-0.15, -0.1) is 0 Å². The van der Waals surface area contributed by atoms with Crippen molar-refractivity contribution in [2.45, 2.75) is 35.6 Å². The second-order valence-electron chi connectivity index (χ2n) is 7.18. The highest BCUT2D eigenvalue weighted by Crippen LogP contribution is 2.22. The molecule has 0 aliphatic carbocycles. The first-order valence-electron chi connectivity index (χ1n) is 9.42. The topological polar surface area (TPSA) is 99.7 Å². The number of piperidine rings is 1. The average molecular weight is 439 g/mol. The summed E-state index contributed by atoms with van der Waals surface area (Å²) in [5.74, 6) is 0.780. The second kappa shape index (κ2) is 8.78. The molecule has 1 fully saturated rings. The third kappa shape index (κ3) is 5.13. The molecule has 0 unspecified atom stereocenters. The molecule has 158 valence electrons. The van der Waals surface area contributed by atoms with Crippen LogP contribution in [0.25, 0.3) is 0 Å². The summed E-state index contributed by atoms with van der Waals surface area (Å²) in [5.41, 5.74) is 0.725. The van der Waals surface area contributed by atoms with Gasteiger partial charge in [0.2, 0.25) is 20.0 Å². The van der Waals surface area contributed by atoms with Crippen molar-refractivity contribution in [1.29, 1.82) is 0 Å². The number of pyridine rings is 1. The molecule has 2 aromatic rings. The molecule has 1 aromatic heterocycles. The molecule has 1 saturated heterocycles. The fourth-order valence-electron chi connectivity index (χ4n) is 3.09. The Labute approximate surface area is 172 Å². The number of hydrogen-bond acceptors (Lipinski definition) is 6. The lowest BCUT2D eigenvalue weighted by molar-refractivity contribution is 0.346. The van der Waals surface area contributed by atoms with E-state index in [1.165, 1.54) is 28.6 Å². The summed E-state index contributed by atoms with van der Waals surface area (Å²) >= 11 is 0. The quantitative estimate of drug-likeness (QED) is 0.708. The van der Waals surface area contributed by atoms with Crippen molar-refractivity contribution in [2.75, 3.05) is 32.1 Å². The number of nitrogens with one attached hydrogen (secondary N) is 1. The number of aromatic nitrogens is 1. The van der Waals surface area contributed by atoms with Gasteiger partial charge in [0.05, 0.1) is 9.79 Å². The SMILES string of the molecule is CN(C)c1ccc(CNS(=O)(=O)c2ccc(S(=O)(=O)N3CCCCC3)cc2)cn1. The first kappa shape index (κ1) is 21.7. The summed E-state index contributed by atoms with van der Waals surface area (Å²) in [6.45, 7) is 1.10. The van der Waals surface area contributed by atoms with Gasteiger partial charge in [0, 0.05) is 39.9 Å². The number of nitrogens with zero attached hydrogens (tertiary/aromatic N) is 3. The minimum atomic E-state index is -3.77. The van der Waals surface area contributed by atoms with Crippen LogP contribution >= 0.6 is 0 Å². The molecule has 0 atom stereocenters. The lowest BCUT2D eigenvalue weighted by atomic mass is 10.2. The fraction of sp³-hybridized carbons (Fsp3) is 0.421. The first-order chi connectivity index (χ1) is 13.7. The van der Waals surface area contributed by atoms with Crippen LogP contribution in [0.3, 0.4) is 0 Å². The Bertz CT molecular complexity index is 1030. The lowest BCUT2D eigenvalue weighted by Gasteiger charge is -2.25. The highest BCUT2D eigenvalue weighted by Gasteiger charge is 2.26. The van der Waals surface area contributed by atoms with Gasteiger partial charge in [0.25, 0.3) is 0 Å². The van der Waals surface area contributed by atoms with Crippen molar-refractivity contribution < 1.29 is 16.8 Å². The van der Waals surface area contributed by atoms with Crippen LogP contribution in [0.5, 0.6) is 0 Å². The Morgan fingerprint density at radius 1 is 0.931 bits per heavy atom. The minimum absolute atomic E-state index is 0.0213. The Morgan fingerprint density at radius 2 is 1.55 bits per heavy atom. The van der Waals surface area contributed by atoms with E-state index in [2.05, 4.69) is 9.71 Å². The van der Waals surface area contributed by atoms with Gasteiger partial charge < -0.3 is 4.90 Å². The molecule has 10 heteroatoms. The molecule has 0 bridgehead atoms. The van der Waals surface area contributed by atoms with Crippen molar-refractivity contribution in [3.63, 3.8) is 0 Å². The molecular weight excluding hydrogens is 412 g/mol. The van der Waals surface area contributed by atoms with Crippen LogP contribution in [-0.2, 0) is 26.6 Å². The molecule has 0 radical (unpaired) electrons. The predicted octanol–water partition coefficient (Wildman–Crippen LogP) is 1.80. The molecule has 29 heavy (non-hydrogen) atoms. The van der Waals surface area contributed by atoms with Crippen LogP contribution in [0.2, 0.25) is 0 Å². The summed E-state index contributed by atoms with van der Waals surface area (Å²) in [7, 11) is -3.60. The maximum absolute atomic E-state index is 12.7. The minimum Gasteiger partial charge on any atom is -0.363 e. The van der Waals surface area contributed by atoms with E-state index in [0.29, 0.717) is 13.1 Å². The molecule has 1 aliphatic heterocycles. The van der Waals surface area contributed by atoms with Crippen molar-refractivity contribution in [1.82, 2.24) is 14.0 Å². The molecule has 0 spiro atoms. The van der Waals surface area contributed by atoms with Gasteiger partial charge in [-0.1, -0.05) is 12.5 Å². The predicted molar refractivity (Wildman–Crippen MR) is 112 cm³/mol. The molecule has 1 aliphatic rings. The van der Waals surface area contributed by atoms with E-state index in [0.717, 1.165) is 30.6 Å². The van der Waals surface area contributed by atoms with E-state index in [1.807, 2.05) is 25.1 Å². The summed E-state index contributed by atoms with van der Waals surface area (Å²) in [4.78, 5) is 6.24. The molecule has 1 aromatic carbocycles. The molecule has 0 saturated carbocycles. The van der Waals surface area contributed by atoms with Crippen molar-refractivity contribution in [3.8, 4) is 0 Å². The monoisotopic (exact) mass is 438 g/mol.